The Morgan fingerprint density at radius 2 is 1.56 bits per heavy atom. The van der Waals surface area contributed by atoms with Crippen molar-refractivity contribution < 1.29 is 4.74 Å². The molecule has 2 saturated heterocycles. The van der Waals surface area contributed by atoms with Gasteiger partial charge in [-0.25, -0.2) is 0 Å². The Bertz CT molecular complexity index is 1070. The van der Waals surface area contributed by atoms with Crippen molar-refractivity contribution in [1.29, 1.82) is 0 Å². The fourth-order valence-corrected chi connectivity index (χ4v) is 6.32. The second-order valence-corrected chi connectivity index (χ2v) is 10.6. The molecule has 3 aromatic rings. The van der Waals surface area contributed by atoms with Gasteiger partial charge in [-0.3, -0.25) is 0 Å². The maximum absolute atomic E-state index is 5.59. The third kappa shape index (κ3) is 4.96. The van der Waals surface area contributed by atoms with Crippen molar-refractivity contribution in [3.63, 3.8) is 0 Å². The first kappa shape index (κ1) is 23.2. The van der Waals surface area contributed by atoms with Crippen LogP contribution >= 0.6 is 11.8 Å². The highest BCUT2D eigenvalue weighted by molar-refractivity contribution is 7.99. The van der Waals surface area contributed by atoms with Gasteiger partial charge in [0, 0.05) is 38.0 Å². The molecule has 0 radical (unpaired) electrons. The van der Waals surface area contributed by atoms with Crippen LogP contribution in [0.25, 0.3) is 11.4 Å². The maximum atomic E-state index is 5.59. The molecule has 0 saturated carbocycles. The third-order valence-electron chi connectivity index (χ3n) is 7.67. The summed E-state index contributed by atoms with van der Waals surface area (Å²) in [5.74, 6) is 2.97. The molecular formula is C27H35N5OS. The summed E-state index contributed by atoms with van der Waals surface area (Å²) in [6.45, 7) is 5.80. The molecule has 0 amide bonds. The zero-order chi connectivity index (χ0) is 23.4. The predicted octanol–water partition coefficient (Wildman–Crippen LogP) is 4.97. The first-order valence-electron chi connectivity index (χ1n) is 12.4. The highest BCUT2D eigenvalue weighted by atomic mass is 32.2. The van der Waals surface area contributed by atoms with Gasteiger partial charge in [-0.1, -0.05) is 54.2 Å². The summed E-state index contributed by atoms with van der Waals surface area (Å²) in [5.41, 5.74) is 2.88. The SMILES string of the molecule is COc1ccccc1N1CCC2(CCN(CCSc3nnc(-c4ccccc4)n3C)CC2)CC1. The lowest BCUT2D eigenvalue weighted by atomic mass is 9.71. The molecule has 2 aliphatic heterocycles. The van der Waals surface area contributed by atoms with Gasteiger partial charge in [-0.2, -0.15) is 0 Å². The lowest BCUT2D eigenvalue weighted by Gasteiger charge is -2.47. The van der Waals surface area contributed by atoms with E-state index in [0.29, 0.717) is 5.41 Å². The number of nitrogens with zero attached hydrogens (tertiary/aromatic N) is 5. The number of likely N-dealkylation sites (tertiary alicyclic amines) is 1. The van der Waals surface area contributed by atoms with Gasteiger partial charge in [0.25, 0.3) is 0 Å². The molecule has 0 unspecified atom stereocenters. The summed E-state index contributed by atoms with van der Waals surface area (Å²) < 4.78 is 7.70. The summed E-state index contributed by atoms with van der Waals surface area (Å²) in [7, 11) is 3.83. The van der Waals surface area contributed by atoms with Gasteiger partial charge >= 0.3 is 0 Å². The molecule has 0 atom stereocenters. The van der Waals surface area contributed by atoms with Gasteiger partial charge in [0.05, 0.1) is 12.8 Å². The molecule has 3 heterocycles. The molecule has 0 bridgehead atoms. The molecule has 5 rings (SSSR count). The minimum atomic E-state index is 0.524. The van der Waals surface area contributed by atoms with E-state index in [-0.39, 0.29) is 0 Å². The number of piperidine rings is 2. The molecule has 0 N–H and O–H groups in total. The number of benzene rings is 2. The fourth-order valence-electron chi connectivity index (χ4n) is 5.41. The zero-order valence-electron chi connectivity index (χ0n) is 20.3. The Balaban J connectivity index is 1.08. The first-order chi connectivity index (χ1) is 16.7. The largest absolute Gasteiger partial charge is 0.495 e. The van der Waals surface area contributed by atoms with Gasteiger partial charge in [-0.15, -0.1) is 10.2 Å². The Kier molecular flexibility index (Phi) is 7.11. The van der Waals surface area contributed by atoms with Crippen molar-refractivity contribution in [2.75, 3.05) is 50.5 Å². The highest BCUT2D eigenvalue weighted by Crippen LogP contribution is 2.43. The van der Waals surface area contributed by atoms with Crippen LogP contribution in [0.1, 0.15) is 25.7 Å². The van der Waals surface area contributed by atoms with E-state index in [2.05, 4.69) is 61.9 Å². The maximum Gasteiger partial charge on any atom is 0.191 e. The summed E-state index contributed by atoms with van der Waals surface area (Å²) in [5, 5.41) is 9.84. The Labute approximate surface area is 207 Å². The topological polar surface area (TPSA) is 46.4 Å². The van der Waals surface area contributed by atoms with Crippen LogP contribution in [-0.2, 0) is 7.05 Å². The number of thioether (sulfide) groups is 1. The molecule has 34 heavy (non-hydrogen) atoms. The van der Waals surface area contributed by atoms with E-state index in [9.17, 15) is 0 Å². The number of anilines is 1. The van der Waals surface area contributed by atoms with Crippen molar-refractivity contribution in [3.8, 4) is 17.1 Å². The number of hydrogen-bond donors (Lipinski definition) is 0. The minimum absolute atomic E-state index is 0.524. The normalized spacial score (nSPS) is 18.4. The molecule has 6 nitrogen and oxygen atoms in total. The first-order valence-corrected chi connectivity index (χ1v) is 13.3. The van der Waals surface area contributed by atoms with Crippen molar-refractivity contribution in [2.24, 2.45) is 12.5 Å². The van der Waals surface area contributed by atoms with Crippen LogP contribution in [0.5, 0.6) is 5.75 Å². The average molecular weight is 478 g/mol. The third-order valence-corrected chi connectivity index (χ3v) is 8.67. The average Bonchev–Trinajstić information content (AvgIpc) is 3.26. The number of methoxy groups -OCH3 is 1. The summed E-state index contributed by atoms with van der Waals surface area (Å²) in [6.07, 6.45) is 5.21. The fraction of sp³-hybridized carbons (Fsp3) is 0.481. The van der Waals surface area contributed by atoms with Crippen molar-refractivity contribution in [1.82, 2.24) is 19.7 Å². The molecule has 1 aromatic heterocycles. The highest BCUT2D eigenvalue weighted by Gasteiger charge is 2.37. The Hall–Kier alpha value is -2.51. The second kappa shape index (κ2) is 10.4. The molecule has 2 aromatic carbocycles. The number of para-hydroxylation sites is 2. The van der Waals surface area contributed by atoms with E-state index < -0.39 is 0 Å². The van der Waals surface area contributed by atoms with Crippen LogP contribution in [0.4, 0.5) is 5.69 Å². The monoisotopic (exact) mass is 477 g/mol. The van der Waals surface area contributed by atoms with Gasteiger partial charge in [-0.05, 0) is 56.3 Å². The summed E-state index contributed by atoms with van der Waals surface area (Å²) in [6, 6.07) is 18.7. The van der Waals surface area contributed by atoms with Crippen molar-refractivity contribution in [2.45, 2.75) is 30.8 Å². The number of rotatable bonds is 7. The van der Waals surface area contributed by atoms with Crippen LogP contribution < -0.4 is 9.64 Å². The van der Waals surface area contributed by atoms with Gasteiger partial charge in [0.1, 0.15) is 5.75 Å². The number of hydrogen-bond acceptors (Lipinski definition) is 6. The van der Waals surface area contributed by atoms with E-state index in [0.717, 1.165) is 47.7 Å². The lowest BCUT2D eigenvalue weighted by molar-refractivity contribution is 0.0836. The summed E-state index contributed by atoms with van der Waals surface area (Å²) >= 11 is 1.81. The molecule has 1 spiro atoms. The molecule has 2 fully saturated rings. The van der Waals surface area contributed by atoms with Crippen molar-refractivity contribution >= 4 is 17.4 Å². The predicted molar refractivity (Wildman–Crippen MR) is 140 cm³/mol. The standard InChI is InChI=1S/C27H35N5OS/c1-30-25(22-8-4-3-5-9-22)28-29-26(30)34-21-20-31-16-12-27(13-17-31)14-18-32(19-15-27)23-10-6-7-11-24(23)33-2/h3-11H,12-21H2,1-2H3. The molecular weight excluding hydrogens is 442 g/mol. The molecule has 7 heteroatoms. The quantitative estimate of drug-likeness (QED) is 0.448. The number of aromatic nitrogens is 3. The minimum Gasteiger partial charge on any atom is -0.495 e. The van der Waals surface area contributed by atoms with Gasteiger partial charge < -0.3 is 19.1 Å². The van der Waals surface area contributed by atoms with Crippen LogP contribution in [0, 0.1) is 5.41 Å². The second-order valence-electron chi connectivity index (χ2n) is 9.58. The number of ether oxygens (including phenoxy) is 1. The van der Waals surface area contributed by atoms with Crippen LogP contribution in [0.2, 0.25) is 0 Å². The van der Waals surface area contributed by atoms with E-state index in [1.165, 1.54) is 44.5 Å². The molecule has 2 aliphatic rings. The molecule has 180 valence electrons. The van der Waals surface area contributed by atoms with Gasteiger partial charge in [0.2, 0.25) is 0 Å². The van der Waals surface area contributed by atoms with E-state index >= 15 is 0 Å². The summed E-state index contributed by atoms with van der Waals surface area (Å²) in [4.78, 5) is 5.15. The smallest absolute Gasteiger partial charge is 0.191 e. The van der Waals surface area contributed by atoms with Gasteiger partial charge in [0.15, 0.2) is 11.0 Å². The van der Waals surface area contributed by atoms with E-state index in [1.807, 2.05) is 36.0 Å². The van der Waals surface area contributed by atoms with Crippen LogP contribution in [0.15, 0.2) is 59.8 Å². The molecule has 0 aliphatic carbocycles. The van der Waals surface area contributed by atoms with E-state index in [1.54, 1.807) is 7.11 Å². The Morgan fingerprint density at radius 3 is 2.29 bits per heavy atom. The Morgan fingerprint density at radius 1 is 0.882 bits per heavy atom. The lowest BCUT2D eigenvalue weighted by Crippen LogP contribution is -2.47. The van der Waals surface area contributed by atoms with E-state index in [4.69, 9.17) is 4.74 Å². The van der Waals surface area contributed by atoms with Crippen LogP contribution in [0.3, 0.4) is 0 Å². The van der Waals surface area contributed by atoms with Crippen molar-refractivity contribution in [3.05, 3.63) is 54.6 Å². The van der Waals surface area contributed by atoms with Crippen LogP contribution in [-0.4, -0.2) is 65.3 Å². The zero-order valence-corrected chi connectivity index (χ0v) is 21.1.